The summed E-state index contributed by atoms with van der Waals surface area (Å²) in [6.07, 6.45) is 1.51. The molecule has 0 saturated carbocycles. The molecular formula is C18H24N4O5. The molecule has 1 fully saturated rings. The lowest BCUT2D eigenvalue weighted by Gasteiger charge is -2.31. The van der Waals surface area contributed by atoms with Gasteiger partial charge in [-0.2, -0.15) is 4.98 Å². The van der Waals surface area contributed by atoms with E-state index in [0.29, 0.717) is 30.2 Å². The molecule has 2 aromatic rings. The van der Waals surface area contributed by atoms with E-state index in [1.54, 1.807) is 6.07 Å². The van der Waals surface area contributed by atoms with Gasteiger partial charge < -0.3 is 19.4 Å². The number of nitro groups is 1. The number of anilines is 1. The third kappa shape index (κ3) is 4.87. The summed E-state index contributed by atoms with van der Waals surface area (Å²) in [4.78, 5) is 28.7. The molecule has 1 aliphatic heterocycles. The van der Waals surface area contributed by atoms with Crippen LogP contribution in [-0.4, -0.2) is 41.2 Å². The maximum absolute atomic E-state index is 11.8. The average Bonchev–Trinajstić information content (AvgIpc) is 3.02. The molecule has 0 radical (unpaired) electrons. The Bertz CT molecular complexity index is 842. The number of carbonyl (C=O) groups is 1. The second-order valence-corrected chi connectivity index (χ2v) is 7.74. The first-order chi connectivity index (χ1) is 12.7. The highest BCUT2D eigenvalue weighted by molar-refractivity contribution is 5.77. The van der Waals surface area contributed by atoms with Crippen LogP contribution in [0.4, 0.5) is 16.5 Å². The van der Waals surface area contributed by atoms with Gasteiger partial charge in [0.1, 0.15) is 11.1 Å². The number of hydrogen-bond donors (Lipinski definition) is 1. The van der Waals surface area contributed by atoms with Crippen molar-refractivity contribution < 1.29 is 18.9 Å². The van der Waals surface area contributed by atoms with Crippen molar-refractivity contribution in [2.75, 3.05) is 24.5 Å². The quantitative estimate of drug-likeness (QED) is 0.642. The highest BCUT2D eigenvalue weighted by Gasteiger charge is 2.25. The number of nitrogens with one attached hydrogen (secondary N) is 1. The number of piperidine rings is 1. The van der Waals surface area contributed by atoms with Crippen LogP contribution in [0, 0.1) is 16.0 Å². The molecule has 1 N–H and O–H groups in total. The van der Waals surface area contributed by atoms with Crippen molar-refractivity contribution in [2.24, 2.45) is 5.92 Å². The lowest BCUT2D eigenvalue weighted by molar-refractivity contribution is -0.384. The number of amides is 1. The van der Waals surface area contributed by atoms with Crippen molar-refractivity contribution in [3.8, 4) is 0 Å². The fourth-order valence-electron chi connectivity index (χ4n) is 3.10. The molecule has 1 aliphatic rings. The average molecular weight is 376 g/mol. The molecule has 27 heavy (non-hydrogen) atoms. The molecule has 0 aliphatic carbocycles. The van der Waals surface area contributed by atoms with E-state index in [2.05, 4.69) is 10.3 Å². The summed E-state index contributed by atoms with van der Waals surface area (Å²) in [6, 6.07) is 4.83. The molecule has 0 bridgehead atoms. The molecule has 0 spiro atoms. The van der Waals surface area contributed by atoms with Gasteiger partial charge in [0.15, 0.2) is 5.58 Å². The second kappa shape index (κ2) is 7.42. The summed E-state index contributed by atoms with van der Waals surface area (Å²) in [7, 11) is 0. The first-order valence-corrected chi connectivity index (χ1v) is 8.98. The molecule has 3 rings (SSSR count). The summed E-state index contributed by atoms with van der Waals surface area (Å²) in [5.41, 5.74) is 0.446. The van der Waals surface area contributed by atoms with Crippen molar-refractivity contribution in [3.05, 3.63) is 28.3 Å². The summed E-state index contributed by atoms with van der Waals surface area (Å²) < 4.78 is 11.0. The Kier molecular flexibility index (Phi) is 5.20. The van der Waals surface area contributed by atoms with Gasteiger partial charge in [-0.25, -0.2) is 4.79 Å². The number of nitrogens with zero attached hydrogens (tertiary/aromatic N) is 3. The zero-order chi connectivity index (χ0) is 19.6. The number of non-ortho nitro benzene ring substituents is 1. The topological polar surface area (TPSA) is 111 Å². The number of oxazole rings is 1. The van der Waals surface area contributed by atoms with Crippen LogP contribution in [-0.2, 0) is 4.74 Å². The minimum atomic E-state index is -0.524. The van der Waals surface area contributed by atoms with E-state index in [9.17, 15) is 14.9 Å². The number of benzene rings is 1. The summed E-state index contributed by atoms with van der Waals surface area (Å²) >= 11 is 0. The van der Waals surface area contributed by atoms with Crippen LogP contribution in [0.1, 0.15) is 33.6 Å². The van der Waals surface area contributed by atoms with Crippen LogP contribution in [0.3, 0.4) is 0 Å². The maximum atomic E-state index is 11.8. The van der Waals surface area contributed by atoms with Gasteiger partial charge in [-0.05, 0) is 45.6 Å². The highest BCUT2D eigenvalue weighted by atomic mass is 16.6. The first kappa shape index (κ1) is 18.9. The molecule has 9 nitrogen and oxygen atoms in total. The maximum Gasteiger partial charge on any atom is 0.407 e. The first-order valence-electron chi connectivity index (χ1n) is 8.98. The number of rotatable bonds is 4. The van der Waals surface area contributed by atoms with Gasteiger partial charge in [-0.3, -0.25) is 10.1 Å². The van der Waals surface area contributed by atoms with Gasteiger partial charge in [0.05, 0.1) is 4.92 Å². The van der Waals surface area contributed by atoms with Gasteiger partial charge in [-0.15, -0.1) is 0 Å². The third-order valence-electron chi connectivity index (χ3n) is 4.29. The largest absolute Gasteiger partial charge is 0.444 e. The summed E-state index contributed by atoms with van der Waals surface area (Å²) in [5.74, 6) is 0.246. The Morgan fingerprint density at radius 3 is 2.96 bits per heavy atom. The Labute approximate surface area is 156 Å². The van der Waals surface area contributed by atoms with Crippen LogP contribution < -0.4 is 10.2 Å². The number of nitro benzene ring substituents is 1. The SMILES string of the molecule is CC(C)(C)OC(=O)NCC1CCCN(c2nc3cc([N+](=O)[O-])ccc3o2)C1. The van der Waals surface area contributed by atoms with Crippen molar-refractivity contribution in [1.29, 1.82) is 0 Å². The van der Waals surface area contributed by atoms with Gasteiger partial charge in [-0.1, -0.05) is 0 Å². The van der Waals surface area contributed by atoms with Gasteiger partial charge in [0, 0.05) is 31.8 Å². The van der Waals surface area contributed by atoms with Crippen LogP contribution in [0.2, 0.25) is 0 Å². The fraction of sp³-hybridized carbons (Fsp3) is 0.556. The number of carbonyl (C=O) groups excluding carboxylic acids is 1. The van der Waals surface area contributed by atoms with Crippen molar-refractivity contribution >= 4 is 28.9 Å². The Balaban J connectivity index is 1.63. The summed E-state index contributed by atoms with van der Waals surface area (Å²) in [6.45, 7) is 7.46. The fourth-order valence-corrected chi connectivity index (χ4v) is 3.10. The zero-order valence-electron chi connectivity index (χ0n) is 15.7. The third-order valence-corrected chi connectivity index (χ3v) is 4.29. The predicted molar refractivity (Wildman–Crippen MR) is 99.8 cm³/mol. The molecule has 1 saturated heterocycles. The number of ether oxygens (including phenoxy) is 1. The van der Waals surface area contributed by atoms with Crippen LogP contribution >= 0.6 is 0 Å². The van der Waals surface area contributed by atoms with Gasteiger partial charge in [0.25, 0.3) is 11.7 Å². The summed E-state index contributed by atoms with van der Waals surface area (Å²) in [5, 5.41) is 13.7. The van der Waals surface area contributed by atoms with E-state index < -0.39 is 16.6 Å². The Hall–Kier alpha value is -2.84. The van der Waals surface area contributed by atoms with E-state index in [1.165, 1.54) is 12.1 Å². The molecule has 9 heteroatoms. The molecule has 1 aromatic heterocycles. The van der Waals surface area contributed by atoms with E-state index >= 15 is 0 Å². The lowest BCUT2D eigenvalue weighted by atomic mass is 9.98. The predicted octanol–water partition coefficient (Wildman–Crippen LogP) is 3.48. The highest BCUT2D eigenvalue weighted by Crippen LogP contribution is 2.28. The number of fused-ring (bicyclic) bond motifs is 1. The van der Waals surface area contributed by atoms with Gasteiger partial charge in [0.2, 0.25) is 0 Å². The minimum Gasteiger partial charge on any atom is -0.444 e. The van der Waals surface area contributed by atoms with E-state index in [-0.39, 0.29) is 11.6 Å². The van der Waals surface area contributed by atoms with E-state index in [1.807, 2.05) is 25.7 Å². The number of aromatic nitrogens is 1. The van der Waals surface area contributed by atoms with Crippen LogP contribution in [0.5, 0.6) is 0 Å². The lowest BCUT2D eigenvalue weighted by Crippen LogP contribution is -2.42. The number of alkyl carbamates (subject to hydrolysis) is 1. The molecule has 1 atom stereocenters. The molecule has 146 valence electrons. The monoisotopic (exact) mass is 376 g/mol. The van der Waals surface area contributed by atoms with Crippen molar-refractivity contribution in [1.82, 2.24) is 10.3 Å². The van der Waals surface area contributed by atoms with Gasteiger partial charge >= 0.3 is 6.09 Å². The molecule has 1 unspecified atom stereocenters. The molecule has 1 amide bonds. The van der Waals surface area contributed by atoms with E-state index in [4.69, 9.17) is 9.15 Å². The Morgan fingerprint density at radius 1 is 1.48 bits per heavy atom. The molecule has 1 aromatic carbocycles. The van der Waals surface area contributed by atoms with E-state index in [0.717, 1.165) is 19.4 Å². The smallest absolute Gasteiger partial charge is 0.407 e. The van der Waals surface area contributed by atoms with Crippen LogP contribution in [0.15, 0.2) is 22.6 Å². The number of hydrogen-bond acceptors (Lipinski definition) is 7. The molecular weight excluding hydrogens is 352 g/mol. The minimum absolute atomic E-state index is 0.0135. The standard InChI is InChI=1S/C18H24N4O5/c1-18(2,3)27-17(23)19-10-12-5-4-8-21(11-12)16-20-14-9-13(22(24)25)6-7-15(14)26-16/h6-7,9,12H,4-5,8,10-11H2,1-3H3,(H,19,23). The van der Waals surface area contributed by atoms with Crippen molar-refractivity contribution in [3.63, 3.8) is 0 Å². The van der Waals surface area contributed by atoms with Crippen LogP contribution in [0.25, 0.3) is 11.1 Å². The zero-order valence-corrected chi connectivity index (χ0v) is 15.7. The Morgan fingerprint density at radius 2 is 2.26 bits per heavy atom. The second-order valence-electron chi connectivity index (χ2n) is 7.74. The van der Waals surface area contributed by atoms with Crippen molar-refractivity contribution in [2.45, 2.75) is 39.2 Å². The molecule has 2 heterocycles. The normalized spacial score (nSPS) is 17.7.